The monoisotopic (exact) mass is 277 g/mol. The van der Waals surface area contributed by atoms with E-state index in [0.29, 0.717) is 5.92 Å². The number of aryl methyl sites for hydroxylation is 2. The van der Waals surface area contributed by atoms with Gasteiger partial charge in [0, 0.05) is 5.92 Å². The summed E-state index contributed by atoms with van der Waals surface area (Å²) < 4.78 is 5.51. The maximum Gasteiger partial charge on any atom is 0.322 e. The zero-order valence-corrected chi connectivity index (χ0v) is 13.4. The van der Waals surface area contributed by atoms with E-state index in [4.69, 9.17) is 10.5 Å². The summed E-state index contributed by atoms with van der Waals surface area (Å²) in [7, 11) is 0. The first-order valence-corrected chi connectivity index (χ1v) is 7.27. The van der Waals surface area contributed by atoms with Crippen molar-refractivity contribution in [1.82, 2.24) is 0 Å². The highest BCUT2D eigenvalue weighted by molar-refractivity contribution is 5.75. The summed E-state index contributed by atoms with van der Waals surface area (Å²) in [5.74, 6) is 0.221. The van der Waals surface area contributed by atoms with E-state index in [2.05, 4.69) is 45.9 Å². The Kier molecular flexibility index (Phi) is 5.75. The molecular weight excluding hydrogens is 250 g/mol. The van der Waals surface area contributed by atoms with E-state index < -0.39 is 6.04 Å². The van der Waals surface area contributed by atoms with Crippen molar-refractivity contribution in [3.63, 3.8) is 0 Å². The minimum Gasteiger partial charge on any atom is -0.461 e. The third-order valence-electron chi connectivity index (χ3n) is 3.68. The number of ether oxygens (including phenoxy) is 1. The molecule has 0 aromatic heterocycles. The maximum absolute atomic E-state index is 11.7. The number of carbonyl (C=O) groups is 1. The molecule has 20 heavy (non-hydrogen) atoms. The zero-order chi connectivity index (χ0) is 15.4. The molecule has 0 spiro atoms. The topological polar surface area (TPSA) is 52.3 Å². The van der Waals surface area contributed by atoms with Gasteiger partial charge in [-0.3, -0.25) is 4.79 Å². The molecule has 0 aliphatic heterocycles. The summed E-state index contributed by atoms with van der Waals surface area (Å²) in [4.78, 5) is 11.7. The summed E-state index contributed by atoms with van der Waals surface area (Å²) in [5.41, 5.74) is 9.31. The Morgan fingerprint density at radius 1 is 1.15 bits per heavy atom. The van der Waals surface area contributed by atoms with Gasteiger partial charge >= 0.3 is 5.97 Å². The van der Waals surface area contributed by atoms with Gasteiger partial charge < -0.3 is 10.5 Å². The van der Waals surface area contributed by atoms with Gasteiger partial charge in [0.15, 0.2) is 0 Å². The molecule has 1 aromatic carbocycles. The average Bonchev–Trinajstić information content (AvgIpc) is 2.31. The van der Waals surface area contributed by atoms with Crippen LogP contribution in [0.1, 0.15) is 50.3 Å². The van der Waals surface area contributed by atoms with Crippen LogP contribution in [-0.2, 0) is 9.53 Å². The maximum atomic E-state index is 11.7. The van der Waals surface area contributed by atoms with Gasteiger partial charge in [0.2, 0.25) is 0 Å². The van der Waals surface area contributed by atoms with Crippen LogP contribution in [0, 0.1) is 19.8 Å². The van der Waals surface area contributed by atoms with Crippen molar-refractivity contribution in [2.24, 2.45) is 11.7 Å². The van der Waals surface area contributed by atoms with Crippen molar-refractivity contribution in [2.45, 2.75) is 59.6 Å². The van der Waals surface area contributed by atoms with Crippen LogP contribution in [0.3, 0.4) is 0 Å². The standard InChI is InChI=1S/C17H27NO2/c1-10(2)16(14(6)20-17(19)13(5)18)15-8-7-11(3)9-12(15)4/h7-10,13-14,16H,18H2,1-6H3/t13-,14-,16+/m0/s1. The summed E-state index contributed by atoms with van der Waals surface area (Å²) in [5, 5.41) is 0. The van der Waals surface area contributed by atoms with E-state index in [1.807, 2.05) is 6.92 Å². The van der Waals surface area contributed by atoms with Crippen molar-refractivity contribution in [3.8, 4) is 0 Å². The molecule has 0 radical (unpaired) electrons. The highest BCUT2D eigenvalue weighted by atomic mass is 16.5. The number of esters is 1. The zero-order valence-electron chi connectivity index (χ0n) is 13.4. The van der Waals surface area contributed by atoms with Crippen LogP contribution in [0.4, 0.5) is 0 Å². The molecule has 0 aliphatic rings. The molecule has 3 atom stereocenters. The quantitative estimate of drug-likeness (QED) is 0.840. The van der Waals surface area contributed by atoms with Crippen LogP contribution in [0.15, 0.2) is 18.2 Å². The van der Waals surface area contributed by atoms with Gasteiger partial charge in [0.25, 0.3) is 0 Å². The molecule has 1 rings (SSSR count). The third kappa shape index (κ3) is 4.07. The molecular formula is C17H27NO2. The lowest BCUT2D eigenvalue weighted by atomic mass is 9.82. The Morgan fingerprint density at radius 2 is 1.75 bits per heavy atom. The van der Waals surface area contributed by atoms with Crippen molar-refractivity contribution < 1.29 is 9.53 Å². The van der Waals surface area contributed by atoms with Gasteiger partial charge in [-0.1, -0.05) is 37.6 Å². The van der Waals surface area contributed by atoms with E-state index in [-0.39, 0.29) is 18.0 Å². The molecule has 3 heteroatoms. The Morgan fingerprint density at radius 3 is 2.20 bits per heavy atom. The Labute approximate surface area is 122 Å². The molecule has 2 N–H and O–H groups in total. The summed E-state index contributed by atoms with van der Waals surface area (Å²) in [6.07, 6.45) is -0.185. The first-order chi connectivity index (χ1) is 9.23. The van der Waals surface area contributed by atoms with Crippen LogP contribution < -0.4 is 5.73 Å². The smallest absolute Gasteiger partial charge is 0.322 e. The molecule has 1 aromatic rings. The minimum absolute atomic E-state index is 0.179. The first kappa shape index (κ1) is 16.7. The summed E-state index contributed by atoms with van der Waals surface area (Å²) >= 11 is 0. The average molecular weight is 277 g/mol. The van der Waals surface area contributed by atoms with Gasteiger partial charge in [-0.2, -0.15) is 0 Å². The second kappa shape index (κ2) is 6.89. The highest BCUT2D eigenvalue weighted by Gasteiger charge is 2.27. The van der Waals surface area contributed by atoms with Crippen LogP contribution >= 0.6 is 0 Å². The molecule has 0 heterocycles. The Hall–Kier alpha value is -1.35. The fourth-order valence-electron chi connectivity index (χ4n) is 2.72. The van der Waals surface area contributed by atoms with Crippen LogP contribution in [-0.4, -0.2) is 18.1 Å². The van der Waals surface area contributed by atoms with Crippen LogP contribution in [0.2, 0.25) is 0 Å². The first-order valence-electron chi connectivity index (χ1n) is 7.27. The second-order valence-corrected chi connectivity index (χ2v) is 6.06. The molecule has 0 bridgehead atoms. The fourth-order valence-corrected chi connectivity index (χ4v) is 2.72. The SMILES string of the molecule is Cc1ccc([C@H](C(C)C)[C@H](C)OC(=O)[C@H](C)N)c(C)c1. The Bertz CT molecular complexity index is 466. The summed E-state index contributed by atoms with van der Waals surface area (Å²) in [6, 6.07) is 5.85. The van der Waals surface area contributed by atoms with Gasteiger partial charge in [-0.15, -0.1) is 0 Å². The van der Waals surface area contributed by atoms with Crippen molar-refractivity contribution in [2.75, 3.05) is 0 Å². The van der Waals surface area contributed by atoms with Crippen LogP contribution in [0.5, 0.6) is 0 Å². The third-order valence-corrected chi connectivity index (χ3v) is 3.68. The normalized spacial score (nSPS) is 15.8. The lowest BCUT2D eigenvalue weighted by molar-refractivity contribution is -0.151. The number of rotatable bonds is 5. The van der Waals surface area contributed by atoms with Gasteiger partial charge in [0.05, 0.1) is 0 Å². The number of benzene rings is 1. The van der Waals surface area contributed by atoms with E-state index in [1.165, 1.54) is 16.7 Å². The van der Waals surface area contributed by atoms with Crippen molar-refractivity contribution in [1.29, 1.82) is 0 Å². The molecule has 0 saturated heterocycles. The minimum atomic E-state index is -0.579. The predicted octanol–water partition coefficient (Wildman–Crippen LogP) is 3.32. The molecule has 112 valence electrons. The lowest BCUT2D eigenvalue weighted by Crippen LogP contribution is -2.34. The van der Waals surface area contributed by atoms with Gasteiger partial charge in [-0.25, -0.2) is 0 Å². The van der Waals surface area contributed by atoms with Crippen molar-refractivity contribution in [3.05, 3.63) is 34.9 Å². The predicted molar refractivity (Wildman–Crippen MR) is 82.7 cm³/mol. The van der Waals surface area contributed by atoms with E-state index in [1.54, 1.807) is 6.92 Å². The largest absolute Gasteiger partial charge is 0.461 e. The second-order valence-electron chi connectivity index (χ2n) is 6.06. The van der Waals surface area contributed by atoms with Crippen LogP contribution in [0.25, 0.3) is 0 Å². The van der Waals surface area contributed by atoms with E-state index in [0.717, 1.165) is 0 Å². The number of carbonyl (C=O) groups excluding carboxylic acids is 1. The Balaban J connectivity index is 3.02. The molecule has 0 amide bonds. The molecule has 0 saturated carbocycles. The van der Waals surface area contributed by atoms with E-state index in [9.17, 15) is 4.79 Å². The molecule has 0 unspecified atom stereocenters. The summed E-state index contributed by atoms with van der Waals surface area (Å²) in [6.45, 7) is 12.1. The fraction of sp³-hybridized carbons (Fsp3) is 0.588. The highest BCUT2D eigenvalue weighted by Crippen LogP contribution is 2.32. The number of hydrogen-bond acceptors (Lipinski definition) is 3. The van der Waals surface area contributed by atoms with Gasteiger partial charge in [0.1, 0.15) is 12.1 Å². The number of hydrogen-bond donors (Lipinski definition) is 1. The number of nitrogens with two attached hydrogens (primary N) is 1. The lowest BCUT2D eigenvalue weighted by Gasteiger charge is -2.29. The van der Waals surface area contributed by atoms with E-state index >= 15 is 0 Å². The molecule has 3 nitrogen and oxygen atoms in total. The van der Waals surface area contributed by atoms with Crippen molar-refractivity contribution >= 4 is 5.97 Å². The molecule has 0 fully saturated rings. The molecule has 0 aliphatic carbocycles. The van der Waals surface area contributed by atoms with Gasteiger partial charge in [-0.05, 0) is 44.7 Å².